The molecule has 5 rings (SSSR count). The van der Waals surface area contributed by atoms with Gasteiger partial charge in [-0.25, -0.2) is 9.79 Å². The van der Waals surface area contributed by atoms with Crippen molar-refractivity contribution in [1.29, 1.82) is 0 Å². The van der Waals surface area contributed by atoms with Crippen LogP contribution in [0.5, 0.6) is 0 Å². The van der Waals surface area contributed by atoms with Crippen molar-refractivity contribution in [1.82, 2.24) is 4.57 Å². The van der Waals surface area contributed by atoms with Crippen LogP contribution >= 0.6 is 22.9 Å². The van der Waals surface area contributed by atoms with Gasteiger partial charge in [-0.1, -0.05) is 53.3 Å². The van der Waals surface area contributed by atoms with Gasteiger partial charge in [0, 0.05) is 16.3 Å². The maximum Gasteiger partial charge on any atom is 0.338 e. The molecule has 1 atom stereocenters. The molecule has 0 saturated heterocycles. The molecule has 2 aliphatic heterocycles. The number of halogens is 1. The molecule has 0 spiro atoms. The van der Waals surface area contributed by atoms with Gasteiger partial charge < -0.3 is 10.1 Å². The Morgan fingerprint density at radius 1 is 1.18 bits per heavy atom. The molecule has 3 heterocycles. The van der Waals surface area contributed by atoms with E-state index in [1.165, 1.54) is 4.57 Å². The van der Waals surface area contributed by atoms with Gasteiger partial charge in [-0.05, 0) is 37.6 Å². The minimum absolute atomic E-state index is 0.189. The quantitative estimate of drug-likeness (QED) is 0.585. The Balaban J connectivity index is 1.82. The number of allylic oxidation sites excluding steroid dienone is 1. The highest BCUT2D eigenvalue weighted by atomic mass is 35.5. The normalized spacial score (nSPS) is 18.4. The number of esters is 1. The summed E-state index contributed by atoms with van der Waals surface area (Å²) in [6.07, 6.45) is 0. The first-order chi connectivity index (χ1) is 15.9. The summed E-state index contributed by atoms with van der Waals surface area (Å²) in [7, 11) is 0. The molecule has 1 aromatic heterocycles. The summed E-state index contributed by atoms with van der Waals surface area (Å²) in [5, 5.41) is 3.34. The Bertz CT molecular complexity index is 1530. The highest BCUT2D eigenvalue weighted by Gasteiger charge is 2.35. The van der Waals surface area contributed by atoms with Gasteiger partial charge in [0.2, 0.25) is 0 Å². The van der Waals surface area contributed by atoms with Gasteiger partial charge in [-0.3, -0.25) is 14.2 Å². The predicted octanol–water partition coefficient (Wildman–Crippen LogP) is 2.77. The van der Waals surface area contributed by atoms with E-state index in [9.17, 15) is 14.4 Å². The van der Waals surface area contributed by atoms with Crippen LogP contribution < -0.4 is 20.2 Å². The molecule has 9 heteroatoms. The van der Waals surface area contributed by atoms with E-state index in [4.69, 9.17) is 16.3 Å². The average Bonchev–Trinajstić information content (AvgIpc) is 3.28. The minimum atomic E-state index is -0.758. The third-order valence-corrected chi connectivity index (χ3v) is 6.88. The van der Waals surface area contributed by atoms with Crippen LogP contribution in [0, 0.1) is 0 Å². The molecule has 166 valence electrons. The zero-order valence-electron chi connectivity index (χ0n) is 17.7. The Hall–Kier alpha value is -3.49. The maximum atomic E-state index is 13.8. The molecule has 2 aromatic carbocycles. The third kappa shape index (κ3) is 3.42. The Labute approximate surface area is 197 Å². The first-order valence-electron chi connectivity index (χ1n) is 10.3. The highest BCUT2D eigenvalue weighted by molar-refractivity contribution is 7.07. The van der Waals surface area contributed by atoms with Crippen molar-refractivity contribution < 1.29 is 14.3 Å². The van der Waals surface area contributed by atoms with Gasteiger partial charge in [-0.2, -0.15) is 0 Å². The lowest BCUT2D eigenvalue weighted by molar-refractivity contribution is -0.139. The fraction of sp³-hybridized carbons (Fsp3) is 0.167. The first-order valence-corrected chi connectivity index (χ1v) is 11.5. The maximum absolute atomic E-state index is 13.8. The number of carbonyl (C=O) groups is 2. The fourth-order valence-electron chi connectivity index (χ4n) is 4.15. The summed E-state index contributed by atoms with van der Waals surface area (Å²) >= 11 is 7.21. The molecule has 0 unspecified atom stereocenters. The number of carbonyl (C=O) groups excluding carboxylic acids is 2. The van der Waals surface area contributed by atoms with E-state index in [2.05, 4.69) is 10.3 Å². The third-order valence-electron chi connectivity index (χ3n) is 5.58. The molecule has 2 aliphatic rings. The zero-order valence-corrected chi connectivity index (χ0v) is 19.3. The van der Waals surface area contributed by atoms with Crippen molar-refractivity contribution in [2.45, 2.75) is 19.9 Å². The van der Waals surface area contributed by atoms with E-state index in [1.54, 1.807) is 50.2 Å². The summed E-state index contributed by atoms with van der Waals surface area (Å²) in [6.45, 7) is 3.62. The monoisotopic (exact) mass is 479 g/mol. The summed E-state index contributed by atoms with van der Waals surface area (Å²) in [5.74, 6) is -0.883. The molecule has 0 bridgehead atoms. The largest absolute Gasteiger partial charge is 0.463 e. The number of fused-ring (bicyclic) bond motifs is 2. The topological polar surface area (TPSA) is 89.8 Å². The summed E-state index contributed by atoms with van der Waals surface area (Å²) in [5.41, 5.74) is 2.66. The number of aromatic nitrogens is 1. The van der Waals surface area contributed by atoms with Crippen molar-refractivity contribution in [3.05, 3.63) is 95.6 Å². The average molecular weight is 480 g/mol. The van der Waals surface area contributed by atoms with Crippen LogP contribution in [0.4, 0.5) is 5.69 Å². The van der Waals surface area contributed by atoms with Gasteiger partial charge in [0.05, 0.1) is 29.5 Å². The second-order valence-corrected chi connectivity index (χ2v) is 8.96. The number of hydrogen-bond acceptors (Lipinski definition) is 6. The highest BCUT2D eigenvalue weighted by Crippen LogP contribution is 2.32. The second kappa shape index (κ2) is 8.13. The number of amides is 1. The number of anilines is 1. The summed E-state index contributed by atoms with van der Waals surface area (Å²) in [6, 6.07) is 13.4. The van der Waals surface area contributed by atoms with E-state index in [0.29, 0.717) is 37.9 Å². The van der Waals surface area contributed by atoms with Crippen LogP contribution in [0.1, 0.15) is 31.0 Å². The number of thiazole rings is 1. The SMILES string of the molecule is CCOC(=O)C1=C(C)N=c2s/c(=C3\C(=O)Nc4ccccc43)c(=O)n2[C@@H]1c1ccc(Cl)cc1. The Kier molecular flexibility index (Phi) is 5.26. The first kappa shape index (κ1) is 21.4. The van der Waals surface area contributed by atoms with Crippen molar-refractivity contribution in [2.75, 3.05) is 11.9 Å². The predicted molar refractivity (Wildman–Crippen MR) is 126 cm³/mol. The lowest BCUT2D eigenvalue weighted by atomic mass is 9.96. The lowest BCUT2D eigenvalue weighted by Crippen LogP contribution is -2.40. The number of hydrogen-bond donors (Lipinski definition) is 1. The van der Waals surface area contributed by atoms with Gasteiger partial charge in [0.15, 0.2) is 4.80 Å². The van der Waals surface area contributed by atoms with E-state index in [0.717, 1.165) is 11.3 Å². The van der Waals surface area contributed by atoms with Crippen LogP contribution in [0.3, 0.4) is 0 Å². The van der Waals surface area contributed by atoms with Crippen molar-refractivity contribution >= 4 is 46.1 Å². The van der Waals surface area contributed by atoms with Crippen molar-refractivity contribution in [3.8, 4) is 0 Å². The number of benzene rings is 2. The number of nitrogens with zero attached hydrogens (tertiary/aromatic N) is 2. The van der Waals surface area contributed by atoms with Gasteiger partial charge in [-0.15, -0.1) is 0 Å². The van der Waals surface area contributed by atoms with E-state index < -0.39 is 17.6 Å². The molecule has 0 fully saturated rings. The molecule has 3 aromatic rings. The van der Waals surface area contributed by atoms with Crippen LogP contribution in [0.25, 0.3) is 5.57 Å². The van der Waals surface area contributed by atoms with Crippen LogP contribution in [-0.2, 0) is 14.3 Å². The van der Waals surface area contributed by atoms with Crippen molar-refractivity contribution in [2.24, 2.45) is 4.99 Å². The number of ether oxygens (including phenoxy) is 1. The number of rotatable bonds is 3. The van der Waals surface area contributed by atoms with Gasteiger partial charge in [0.25, 0.3) is 11.5 Å². The Morgan fingerprint density at radius 2 is 1.91 bits per heavy atom. The van der Waals surface area contributed by atoms with Crippen LogP contribution in [0.2, 0.25) is 5.02 Å². The molecular formula is C24H18ClN3O4S. The van der Waals surface area contributed by atoms with Crippen molar-refractivity contribution in [3.63, 3.8) is 0 Å². The molecule has 7 nitrogen and oxygen atoms in total. The second-order valence-electron chi connectivity index (χ2n) is 7.55. The lowest BCUT2D eigenvalue weighted by Gasteiger charge is -2.24. The number of nitrogens with one attached hydrogen (secondary N) is 1. The standard InChI is InChI=1S/C24H18ClN3O4S/c1-3-32-23(31)17-12(2)26-24-28(19(17)13-8-10-14(25)11-9-13)22(30)20(33-24)18-15-6-4-5-7-16(15)27-21(18)29/h4-11,19H,3H2,1-2H3,(H,27,29)/b20-18-/t19-/m1/s1. The summed E-state index contributed by atoms with van der Waals surface area (Å²) < 4.78 is 7.02. The zero-order chi connectivity index (χ0) is 23.3. The molecule has 1 N–H and O–H groups in total. The van der Waals surface area contributed by atoms with Gasteiger partial charge >= 0.3 is 5.97 Å². The molecule has 0 saturated carbocycles. The van der Waals surface area contributed by atoms with E-state index in [-0.39, 0.29) is 22.6 Å². The molecular weight excluding hydrogens is 462 g/mol. The number of para-hydroxylation sites is 1. The van der Waals surface area contributed by atoms with Gasteiger partial charge in [0.1, 0.15) is 4.53 Å². The molecule has 1 amide bonds. The van der Waals surface area contributed by atoms with Crippen LogP contribution in [0.15, 0.2) is 69.6 Å². The molecule has 0 radical (unpaired) electrons. The smallest absolute Gasteiger partial charge is 0.338 e. The van der Waals surface area contributed by atoms with E-state index >= 15 is 0 Å². The summed E-state index contributed by atoms with van der Waals surface area (Å²) in [4.78, 5) is 44.4. The molecule has 0 aliphatic carbocycles. The molecule has 33 heavy (non-hydrogen) atoms. The minimum Gasteiger partial charge on any atom is -0.463 e. The van der Waals surface area contributed by atoms with Crippen LogP contribution in [-0.4, -0.2) is 23.1 Å². The Morgan fingerprint density at radius 3 is 2.64 bits per heavy atom. The van der Waals surface area contributed by atoms with E-state index in [1.807, 2.05) is 12.1 Å². The fourth-order valence-corrected chi connectivity index (χ4v) is 5.41.